The first-order valence-electron chi connectivity index (χ1n) is 9.73. The topological polar surface area (TPSA) is 80.0 Å². The Morgan fingerprint density at radius 2 is 1.81 bits per heavy atom. The third-order valence-corrected chi connectivity index (χ3v) is 6.18. The maximum atomic E-state index is 13.6. The zero-order valence-corrected chi connectivity index (χ0v) is 18.5. The lowest BCUT2D eigenvalue weighted by Crippen LogP contribution is -2.49. The van der Waals surface area contributed by atoms with Crippen LogP contribution in [0.2, 0.25) is 0 Å². The summed E-state index contributed by atoms with van der Waals surface area (Å²) in [5.74, 6) is 0.341. The molecule has 0 aliphatic carbocycles. The molecule has 31 heavy (non-hydrogen) atoms. The van der Waals surface area contributed by atoms with Gasteiger partial charge in [-0.15, -0.1) is 5.10 Å². The minimum Gasteiger partial charge on any atom is -0.351 e. The number of hydrogen-bond acceptors (Lipinski definition) is 6. The number of fused-ring (bicyclic) bond motifs is 1. The maximum Gasteiger partial charge on any atom is 0.255 e. The van der Waals surface area contributed by atoms with Gasteiger partial charge in [0.2, 0.25) is 0 Å². The SMILES string of the molecule is O=C(c1ccccc1I)N1CCN(c2ncnc3c2nnn3-c2cccc(F)c2)CC1. The van der Waals surface area contributed by atoms with E-state index in [4.69, 9.17) is 0 Å². The summed E-state index contributed by atoms with van der Waals surface area (Å²) in [6.45, 7) is 2.39. The molecule has 1 aliphatic rings. The number of piperazine rings is 1. The van der Waals surface area contributed by atoms with E-state index in [1.54, 1.807) is 12.1 Å². The number of carbonyl (C=O) groups excluding carboxylic acids is 1. The monoisotopic (exact) mass is 529 g/mol. The molecular formula is C21H17FIN7O. The van der Waals surface area contributed by atoms with E-state index in [2.05, 4.69) is 47.8 Å². The Morgan fingerprint density at radius 3 is 2.58 bits per heavy atom. The molecule has 0 N–H and O–H groups in total. The van der Waals surface area contributed by atoms with Crippen molar-refractivity contribution >= 4 is 45.5 Å². The number of rotatable bonds is 3. The van der Waals surface area contributed by atoms with Crippen molar-refractivity contribution in [3.05, 3.63) is 69.8 Å². The van der Waals surface area contributed by atoms with Crippen molar-refractivity contribution < 1.29 is 9.18 Å². The number of amides is 1. The number of nitrogens with zero attached hydrogens (tertiary/aromatic N) is 7. The van der Waals surface area contributed by atoms with Gasteiger partial charge in [-0.1, -0.05) is 23.4 Å². The summed E-state index contributed by atoms with van der Waals surface area (Å²) in [5, 5.41) is 8.42. The molecule has 0 saturated carbocycles. The van der Waals surface area contributed by atoms with Gasteiger partial charge in [0.25, 0.3) is 5.91 Å². The molecule has 1 aliphatic heterocycles. The molecule has 156 valence electrons. The molecule has 0 atom stereocenters. The van der Waals surface area contributed by atoms with E-state index in [0.717, 1.165) is 9.13 Å². The van der Waals surface area contributed by atoms with Gasteiger partial charge in [0, 0.05) is 29.7 Å². The van der Waals surface area contributed by atoms with Crippen molar-refractivity contribution in [3.63, 3.8) is 0 Å². The molecule has 3 heterocycles. The van der Waals surface area contributed by atoms with Crippen LogP contribution in [0.3, 0.4) is 0 Å². The first-order chi connectivity index (χ1) is 15.1. The second-order valence-electron chi connectivity index (χ2n) is 7.11. The summed E-state index contributed by atoms with van der Waals surface area (Å²) < 4.78 is 16.1. The Kier molecular flexibility index (Phi) is 5.22. The quantitative estimate of drug-likeness (QED) is 0.380. The third kappa shape index (κ3) is 3.71. The predicted octanol–water partition coefficient (Wildman–Crippen LogP) is 2.92. The Balaban J connectivity index is 1.38. The summed E-state index contributed by atoms with van der Waals surface area (Å²) in [7, 11) is 0. The molecule has 2 aromatic carbocycles. The first-order valence-corrected chi connectivity index (χ1v) is 10.8. The average Bonchev–Trinajstić information content (AvgIpc) is 3.23. The summed E-state index contributed by atoms with van der Waals surface area (Å²) in [6, 6.07) is 13.7. The minimum atomic E-state index is -0.357. The van der Waals surface area contributed by atoms with Gasteiger partial charge in [0.1, 0.15) is 12.1 Å². The Hall–Kier alpha value is -3.15. The van der Waals surface area contributed by atoms with E-state index in [9.17, 15) is 9.18 Å². The van der Waals surface area contributed by atoms with Gasteiger partial charge < -0.3 is 9.80 Å². The van der Waals surface area contributed by atoms with Crippen LogP contribution in [-0.4, -0.2) is 61.9 Å². The smallest absolute Gasteiger partial charge is 0.255 e. The second kappa shape index (κ2) is 8.17. The van der Waals surface area contributed by atoms with Gasteiger partial charge in [-0.05, 0) is 52.9 Å². The number of benzene rings is 2. The molecule has 1 saturated heterocycles. The average molecular weight is 529 g/mol. The molecule has 1 fully saturated rings. The molecule has 4 aromatic rings. The van der Waals surface area contributed by atoms with Gasteiger partial charge in [-0.3, -0.25) is 4.79 Å². The molecule has 0 bridgehead atoms. The Labute approximate surface area is 190 Å². The summed E-state index contributed by atoms with van der Waals surface area (Å²) >= 11 is 2.19. The number of anilines is 1. The molecule has 0 unspecified atom stereocenters. The van der Waals surface area contributed by atoms with Crippen molar-refractivity contribution in [1.82, 2.24) is 29.9 Å². The third-order valence-electron chi connectivity index (χ3n) is 5.24. The molecular weight excluding hydrogens is 512 g/mol. The highest BCUT2D eigenvalue weighted by atomic mass is 127. The van der Waals surface area contributed by atoms with Crippen LogP contribution in [0.5, 0.6) is 0 Å². The van der Waals surface area contributed by atoms with Crippen LogP contribution in [-0.2, 0) is 0 Å². The van der Waals surface area contributed by atoms with Gasteiger partial charge in [-0.25, -0.2) is 14.4 Å². The fourth-order valence-electron chi connectivity index (χ4n) is 3.68. The Bertz CT molecular complexity index is 1270. The van der Waals surface area contributed by atoms with Crippen molar-refractivity contribution in [3.8, 4) is 5.69 Å². The molecule has 2 aromatic heterocycles. The molecule has 10 heteroatoms. The van der Waals surface area contributed by atoms with Crippen LogP contribution in [0.15, 0.2) is 54.9 Å². The fourth-order valence-corrected chi connectivity index (χ4v) is 4.29. The zero-order chi connectivity index (χ0) is 21.4. The van der Waals surface area contributed by atoms with E-state index >= 15 is 0 Å². The number of halogens is 2. The normalized spacial score (nSPS) is 14.3. The zero-order valence-electron chi connectivity index (χ0n) is 16.3. The van der Waals surface area contributed by atoms with Crippen LogP contribution < -0.4 is 4.90 Å². The predicted molar refractivity (Wildman–Crippen MR) is 122 cm³/mol. The van der Waals surface area contributed by atoms with Gasteiger partial charge in [0.05, 0.1) is 11.3 Å². The largest absolute Gasteiger partial charge is 0.351 e. The summed E-state index contributed by atoms with van der Waals surface area (Å²) in [6.07, 6.45) is 1.46. The van der Waals surface area contributed by atoms with Crippen molar-refractivity contribution in [2.75, 3.05) is 31.1 Å². The van der Waals surface area contributed by atoms with E-state index < -0.39 is 0 Å². The highest BCUT2D eigenvalue weighted by Crippen LogP contribution is 2.24. The molecule has 0 spiro atoms. The highest BCUT2D eigenvalue weighted by molar-refractivity contribution is 14.1. The van der Waals surface area contributed by atoms with E-state index in [0.29, 0.717) is 48.8 Å². The second-order valence-corrected chi connectivity index (χ2v) is 8.27. The lowest BCUT2D eigenvalue weighted by molar-refractivity contribution is 0.0745. The standard InChI is InChI=1S/C21H17FIN7O/c22-14-4-3-5-15(12-14)30-20-18(26-27-30)19(24-13-25-20)28-8-10-29(11-9-28)21(31)16-6-1-2-7-17(16)23/h1-7,12-13H,8-11H2. The van der Waals surface area contributed by atoms with E-state index in [1.807, 2.05) is 29.2 Å². The molecule has 0 radical (unpaired) electrons. The summed E-state index contributed by atoms with van der Waals surface area (Å²) in [5.41, 5.74) is 2.32. The lowest BCUT2D eigenvalue weighted by atomic mass is 10.2. The highest BCUT2D eigenvalue weighted by Gasteiger charge is 2.26. The molecule has 8 nitrogen and oxygen atoms in total. The molecule has 5 rings (SSSR count). The van der Waals surface area contributed by atoms with Gasteiger partial charge in [0.15, 0.2) is 17.0 Å². The fraction of sp³-hybridized carbons (Fsp3) is 0.190. The number of aromatic nitrogens is 5. The van der Waals surface area contributed by atoms with Crippen LogP contribution in [0, 0.1) is 9.39 Å². The van der Waals surface area contributed by atoms with Crippen molar-refractivity contribution in [1.29, 1.82) is 0 Å². The van der Waals surface area contributed by atoms with E-state index in [-0.39, 0.29) is 11.7 Å². The van der Waals surface area contributed by atoms with E-state index in [1.165, 1.54) is 23.1 Å². The molecule has 1 amide bonds. The van der Waals surface area contributed by atoms with Crippen LogP contribution in [0.25, 0.3) is 16.9 Å². The number of hydrogen-bond donors (Lipinski definition) is 0. The first kappa shape index (κ1) is 19.8. The van der Waals surface area contributed by atoms with Crippen LogP contribution in [0.4, 0.5) is 10.2 Å². The lowest BCUT2D eigenvalue weighted by Gasteiger charge is -2.35. The maximum absolute atomic E-state index is 13.6. The van der Waals surface area contributed by atoms with Crippen LogP contribution in [0.1, 0.15) is 10.4 Å². The van der Waals surface area contributed by atoms with Gasteiger partial charge in [-0.2, -0.15) is 4.68 Å². The Morgan fingerprint density at radius 1 is 1.00 bits per heavy atom. The van der Waals surface area contributed by atoms with Crippen molar-refractivity contribution in [2.45, 2.75) is 0 Å². The van der Waals surface area contributed by atoms with Gasteiger partial charge >= 0.3 is 0 Å². The summed E-state index contributed by atoms with van der Waals surface area (Å²) in [4.78, 5) is 25.5. The number of carbonyl (C=O) groups is 1. The minimum absolute atomic E-state index is 0.0366. The van der Waals surface area contributed by atoms with Crippen LogP contribution >= 0.6 is 22.6 Å². The van der Waals surface area contributed by atoms with Crippen molar-refractivity contribution in [2.24, 2.45) is 0 Å².